The van der Waals surface area contributed by atoms with Gasteiger partial charge in [-0.25, -0.2) is 0 Å². The first-order valence-electron chi connectivity index (χ1n) is 15.1. The van der Waals surface area contributed by atoms with Gasteiger partial charge in [0, 0.05) is 36.8 Å². The van der Waals surface area contributed by atoms with E-state index in [1.807, 2.05) is 41.3 Å². The number of rotatable bonds is 7. The number of piperidine rings is 1. The van der Waals surface area contributed by atoms with Crippen LogP contribution < -0.4 is 10.5 Å². The fourth-order valence-electron chi connectivity index (χ4n) is 8.52. The zero-order chi connectivity index (χ0) is 27.8. The van der Waals surface area contributed by atoms with Crippen LogP contribution >= 0.6 is 0 Å². The normalized spacial score (nSPS) is 32.3. The fourth-order valence-corrected chi connectivity index (χ4v) is 8.52. The molecule has 3 aliphatic carbocycles. The average molecular weight is 545 g/mol. The van der Waals surface area contributed by atoms with Crippen molar-refractivity contribution in [1.29, 1.82) is 0 Å². The minimum atomic E-state index is -0.954. The third-order valence-electron chi connectivity index (χ3n) is 10.3. The summed E-state index contributed by atoms with van der Waals surface area (Å²) >= 11 is 0. The Balaban J connectivity index is 1.28. The number of nitrogens with zero attached hydrogens (tertiary/aromatic N) is 2. The van der Waals surface area contributed by atoms with E-state index in [1.54, 1.807) is 12.1 Å². The summed E-state index contributed by atoms with van der Waals surface area (Å²) in [6.45, 7) is 6.83. The molecule has 7 rings (SSSR count). The lowest BCUT2D eigenvalue weighted by molar-refractivity contribution is -0.254. The zero-order valence-electron chi connectivity index (χ0n) is 23.7. The van der Waals surface area contributed by atoms with Crippen molar-refractivity contribution in [3.63, 3.8) is 0 Å². The number of amides is 1. The van der Waals surface area contributed by atoms with E-state index < -0.39 is 17.1 Å². The molecule has 5 aliphatic rings. The van der Waals surface area contributed by atoms with Crippen LogP contribution in [0.4, 0.5) is 5.69 Å². The number of carbonyl (C=O) groups excluding carboxylic acids is 1. The van der Waals surface area contributed by atoms with Crippen molar-refractivity contribution in [2.45, 2.75) is 81.6 Å². The molecule has 1 spiro atoms. The van der Waals surface area contributed by atoms with Crippen molar-refractivity contribution in [1.82, 2.24) is 9.80 Å². The van der Waals surface area contributed by atoms with Crippen LogP contribution in [0, 0.1) is 11.8 Å². The van der Waals surface area contributed by atoms with Crippen molar-refractivity contribution in [2.24, 2.45) is 11.8 Å². The number of hydrogen-bond acceptors (Lipinski definition) is 5. The van der Waals surface area contributed by atoms with Crippen LogP contribution in [0.3, 0.4) is 0 Å². The highest BCUT2D eigenvalue weighted by molar-refractivity contribution is 5.92. The van der Waals surface area contributed by atoms with Crippen LogP contribution in [-0.2, 0) is 16.6 Å². The van der Waals surface area contributed by atoms with Crippen LogP contribution in [0.2, 0.25) is 0 Å². The highest BCUT2D eigenvalue weighted by Crippen LogP contribution is 2.66. The standard InChI is InChI=1S/C33H41N3O4/c1-20(2)18-36(28(38)11-8-21-4-3-5-24(34)16-21)25-12-13-33(39)27-17-23-9-10-26(37)30-29(23)32(33,31(25)40-30)14-15-35(27)19-22-6-7-22/h3-5,8-11,16,20,22,25,27,31,37,39H,6-7,12-15,17-19,34H2,1-2H3/p+1/b11-8+/t25-,27-,31+,32+,33-/m1/s1. The van der Waals surface area contributed by atoms with Gasteiger partial charge in [0.25, 0.3) is 0 Å². The zero-order valence-corrected chi connectivity index (χ0v) is 23.7. The number of carbonyl (C=O) groups is 1. The lowest BCUT2D eigenvalue weighted by atomic mass is 9.48. The van der Waals surface area contributed by atoms with Crippen molar-refractivity contribution in [2.75, 3.05) is 19.6 Å². The van der Waals surface area contributed by atoms with Gasteiger partial charge < -0.3 is 25.6 Å². The molecule has 5 atom stereocenters. The fraction of sp³-hybridized carbons (Fsp3) is 0.545. The summed E-state index contributed by atoms with van der Waals surface area (Å²) in [5.74, 6) is 1.64. The van der Waals surface area contributed by atoms with Gasteiger partial charge in [-0.2, -0.15) is 0 Å². The number of phenols is 1. The number of ether oxygens (including phenoxy) is 1. The number of benzene rings is 2. The van der Waals surface area contributed by atoms with Crippen LogP contribution in [0.1, 0.15) is 62.6 Å². The first-order valence-corrected chi connectivity index (χ1v) is 15.1. The summed E-state index contributed by atoms with van der Waals surface area (Å²) in [5, 5.41) is 23.7. The molecule has 2 heterocycles. The molecule has 7 heteroatoms. The number of phenolic OH excluding ortho intramolecular Hbond substituents is 1. The molecule has 2 aromatic rings. The van der Waals surface area contributed by atoms with E-state index in [9.17, 15) is 15.0 Å². The predicted octanol–water partition coefficient (Wildman–Crippen LogP) is 3.40. The first kappa shape index (κ1) is 26.1. The monoisotopic (exact) mass is 544 g/mol. The number of likely N-dealkylation sites (tertiary alicyclic amines) is 1. The van der Waals surface area contributed by atoms with Gasteiger partial charge in [-0.1, -0.05) is 32.0 Å². The van der Waals surface area contributed by atoms with Crippen molar-refractivity contribution in [3.05, 3.63) is 59.2 Å². The van der Waals surface area contributed by atoms with Crippen LogP contribution in [0.15, 0.2) is 42.5 Å². The molecule has 40 heavy (non-hydrogen) atoms. The molecule has 2 bridgehead atoms. The molecule has 2 aliphatic heterocycles. The second-order valence-electron chi connectivity index (χ2n) is 13.4. The number of aromatic hydroxyl groups is 1. The third kappa shape index (κ3) is 3.85. The third-order valence-corrected chi connectivity index (χ3v) is 10.3. The average Bonchev–Trinajstić information content (AvgIpc) is 3.66. The molecular weight excluding hydrogens is 502 g/mol. The maximum Gasteiger partial charge on any atom is 0.246 e. The van der Waals surface area contributed by atoms with Crippen molar-refractivity contribution >= 4 is 17.7 Å². The van der Waals surface area contributed by atoms with Crippen LogP contribution in [-0.4, -0.2) is 69.3 Å². The second-order valence-corrected chi connectivity index (χ2v) is 13.4. The molecule has 0 unspecified atom stereocenters. The van der Waals surface area contributed by atoms with E-state index in [-0.39, 0.29) is 29.7 Å². The Kier molecular flexibility index (Phi) is 6.08. The number of quaternary nitrogens is 1. The first-order chi connectivity index (χ1) is 19.2. The minimum absolute atomic E-state index is 0.0287. The van der Waals surface area contributed by atoms with Gasteiger partial charge in [0.15, 0.2) is 11.5 Å². The largest absolute Gasteiger partial charge is 0.504 e. The Morgan fingerprint density at radius 2 is 2.05 bits per heavy atom. The van der Waals surface area contributed by atoms with E-state index in [4.69, 9.17) is 4.74 Å². The maximum absolute atomic E-state index is 13.9. The molecule has 7 nitrogen and oxygen atoms in total. The van der Waals surface area contributed by atoms with Gasteiger partial charge in [-0.15, -0.1) is 0 Å². The van der Waals surface area contributed by atoms with Gasteiger partial charge in [0.05, 0.1) is 17.1 Å². The van der Waals surface area contributed by atoms with Crippen molar-refractivity contribution in [3.8, 4) is 11.5 Å². The molecule has 1 amide bonds. The van der Waals surface area contributed by atoms with E-state index in [1.165, 1.54) is 18.4 Å². The Morgan fingerprint density at radius 1 is 1.23 bits per heavy atom. The molecule has 2 aromatic carbocycles. The topological polar surface area (TPSA) is 101 Å². The molecule has 5 N–H and O–H groups in total. The summed E-state index contributed by atoms with van der Waals surface area (Å²) < 4.78 is 6.75. The summed E-state index contributed by atoms with van der Waals surface area (Å²) in [4.78, 5) is 18.4. The Bertz CT molecular complexity index is 1370. The molecular formula is C33H42N3O4+. The van der Waals surface area contributed by atoms with Crippen LogP contribution in [0.25, 0.3) is 6.08 Å². The molecule has 2 saturated carbocycles. The lowest BCUT2D eigenvalue weighted by Crippen LogP contribution is -2.78. The van der Waals surface area contributed by atoms with Gasteiger partial charge in [-0.3, -0.25) is 9.69 Å². The van der Waals surface area contributed by atoms with E-state index in [0.29, 0.717) is 25.1 Å². The minimum Gasteiger partial charge on any atom is -0.504 e. The van der Waals surface area contributed by atoms with Gasteiger partial charge in [-0.05, 0) is 86.2 Å². The molecule has 1 saturated heterocycles. The number of hydrogen-bond donors (Lipinski definition) is 3. The summed E-state index contributed by atoms with van der Waals surface area (Å²) in [7, 11) is 0. The predicted molar refractivity (Wildman–Crippen MR) is 153 cm³/mol. The van der Waals surface area contributed by atoms with E-state index >= 15 is 0 Å². The molecule has 0 radical (unpaired) electrons. The molecule has 3 fully saturated rings. The second kappa shape index (κ2) is 9.33. The lowest BCUT2D eigenvalue weighted by Gasteiger charge is -2.65. The van der Waals surface area contributed by atoms with E-state index in [0.717, 1.165) is 48.7 Å². The summed E-state index contributed by atoms with van der Waals surface area (Å²) in [5.41, 5.74) is 6.46. The highest BCUT2D eigenvalue weighted by atomic mass is 16.5. The smallest absolute Gasteiger partial charge is 0.246 e. The summed E-state index contributed by atoms with van der Waals surface area (Å²) in [6, 6.07) is 11.4. The molecule has 0 aromatic heterocycles. The van der Waals surface area contributed by atoms with Crippen molar-refractivity contribution < 1.29 is 25.5 Å². The SMILES string of the molecule is CC(C)CN(C(=O)/C=C/c1cccc([NH3+])c1)[C@@H]1CC[C@@]2(O)[C@H]3Cc4ccc(O)c5c4[C@@]2(CCN3CC2CC2)[C@H]1O5. The quantitative estimate of drug-likeness (QED) is 0.464. The van der Waals surface area contributed by atoms with Gasteiger partial charge in [0.1, 0.15) is 11.8 Å². The Hall–Kier alpha value is -2.87. The summed E-state index contributed by atoms with van der Waals surface area (Å²) in [6.07, 6.45) is 8.53. The van der Waals surface area contributed by atoms with Gasteiger partial charge in [0.2, 0.25) is 5.91 Å². The highest BCUT2D eigenvalue weighted by Gasteiger charge is 2.73. The Labute approximate surface area is 236 Å². The van der Waals surface area contributed by atoms with E-state index in [2.05, 4.69) is 24.5 Å². The Morgan fingerprint density at radius 3 is 2.80 bits per heavy atom. The number of aliphatic hydroxyl groups is 1. The van der Waals surface area contributed by atoms with Crippen LogP contribution in [0.5, 0.6) is 11.5 Å². The molecule has 212 valence electrons. The van der Waals surface area contributed by atoms with Gasteiger partial charge >= 0.3 is 0 Å². The maximum atomic E-state index is 13.9.